The Morgan fingerprint density at radius 1 is 1.20 bits per heavy atom. The summed E-state index contributed by atoms with van der Waals surface area (Å²) < 4.78 is 1.15. The number of hydrogen-bond acceptors (Lipinski definition) is 2. The lowest BCUT2D eigenvalue weighted by Crippen LogP contribution is -2.35. The number of nitrogens with zero attached hydrogens (tertiary/aromatic N) is 1. The molecule has 1 rings (SSSR count). The highest BCUT2D eigenvalue weighted by Gasteiger charge is 2.12. The normalized spacial score (nSPS) is 11.7. The van der Waals surface area contributed by atoms with Gasteiger partial charge in [-0.05, 0) is 44.9 Å². The molecular formula is C17H29BrN2. The number of benzene rings is 1. The van der Waals surface area contributed by atoms with Crippen LogP contribution in [0.2, 0.25) is 0 Å². The van der Waals surface area contributed by atoms with Gasteiger partial charge in [0.25, 0.3) is 0 Å². The molecule has 20 heavy (non-hydrogen) atoms. The molecule has 3 heteroatoms. The summed E-state index contributed by atoms with van der Waals surface area (Å²) in [6.07, 6.45) is 3.82. The quantitative estimate of drug-likeness (QED) is 0.705. The van der Waals surface area contributed by atoms with Gasteiger partial charge >= 0.3 is 0 Å². The van der Waals surface area contributed by atoms with Crippen LogP contribution in [0.5, 0.6) is 0 Å². The zero-order chi connectivity index (χ0) is 15.2. The van der Waals surface area contributed by atoms with Gasteiger partial charge in [-0.15, -0.1) is 0 Å². The maximum atomic E-state index is 3.59. The first-order valence-electron chi connectivity index (χ1n) is 7.58. The van der Waals surface area contributed by atoms with Crippen molar-refractivity contribution >= 4 is 21.6 Å². The van der Waals surface area contributed by atoms with E-state index in [1.165, 1.54) is 30.5 Å². The first kappa shape index (κ1) is 17.5. The monoisotopic (exact) mass is 340 g/mol. The summed E-state index contributed by atoms with van der Waals surface area (Å²) in [7, 11) is 2.19. The minimum absolute atomic E-state index is 0.144. The molecule has 1 aromatic rings. The SMILES string of the molecule is CCCCCN(C)c1cc(Br)ccc1CNC(C)(C)C. The lowest BCUT2D eigenvalue weighted by molar-refractivity contribution is 0.424. The molecule has 0 heterocycles. The van der Waals surface area contributed by atoms with Crippen LogP contribution in [0.1, 0.15) is 52.5 Å². The van der Waals surface area contributed by atoms with Crippen molar-refractivity contribution in [2.75, 3.05) is 18.5 Å². The Balaban J connectivity index is 2.78. The minimum atomic E-state index is 0.144. The fraction of sp³-hybridized carbons (Fsp3) is 0.647. The highest BCUT2D eigenvalue weighted by molar-refractivity contribution is 9.10. The van der Waals surface area contributed by atoms with Gasteiger partial charge in [-0.2, -0.15) is 0 Å². The lowest BCUT2D eigenvalue weighted by Gasteiger charge is -2.26. The van der Waals surface area contributed by atoms with E-state index in [4.69, 9.17) is 0 Å². The Labute approximate surface area is 133 Å². The van der Waals surface area contributed by atoms with E-state index in [0.717, 1.165) is 17.6 Å². The Kier molecular flexibility index (Phi) is 7.04. The van der Waals surface area contributed by atoms with Crippen molar-refractivity contribution in [3.63, 3.8) is 0 Å². The van der Waals surface area contributed by atoms with Crippen LogP contribution in [-0.2, 0) is 6.54 Å². The predicted molar refractivity (Wildman–Crippen MR) is 93.5 cm³/mol. The standard InChI is InChI=1S/C17H29BrN2/c1-6-7-8-11-20(5)16-12-15(18)10-9-14(16)13-19-17(2,3)4/h9-10,12,19H,6-8,11,13H2,1-5H3. The molecule has 0 saturated heterocycles. The predicted octanol–water partition coefficient (Wildman–Crippen LogP) is 4.96. The van der Waals surface area contributed by atoms with E-state index < -0.39 is 0 Å². The van der Waals surface area contributed by atoms with Crippen molar-refractivity contribution in [3.05, 3.63) is 28.2 Å². The summed E-state index contributed by atoms with van der Waals surface area (Å²) in [5.41, 5.74) is 2.83. The van der Waals surface area contributed by atoms with Crippen LogP contribution in [0.15, 0.2) is 22.7 Å². The van der Waals surface area contributed by atoms with Crippen LogP contribution in [0.25, 0.3) is 0 Å². The molecule has 1 N–H and O–H groups in total. The number of hydrogen-bond donors (Lipinski definition) is 1. The summed E-state index contributed by atoms with van der Waals surface area (Å²) >= 11 is 3.59. The second-order valence-corrected chi connectivity index (χ2v) is 7.42. The number of nitrogens with one attached hydrogen (secondary N) is 1. The Bertz CT molecular complexity index is 410. The van der Waals surface area contributed by atoms with Gasteiger partial charge in [0.2, 0.25) is 0 Å². The van der Waals surface area contributed by atoms with E-state index in [2.05, 4.69) is 79.1 Å². The molecule has 114 valence electrons. The molecule has 1 aromatic carbocycles. The van der Waals surface area contributed by atoms with Crippen molar-refractivity contribution in [1.29, 1.82) is 0 Å². The van der Waals surface area contributed by atoms with Crippen molar-refractivity contribution in [1.82, 2.24) is 5.32 Å². The average molecular weight is 341 g/mol. The van der Waals surface area contributed by atoms with E-state index >= 15 is 0 Å². The smallest absolute Gasteiger partial charge is 0.0420 e. The largest absolute Gasteiger partial charge is 0.374 e. The van der Waals surface area contributed by atoms with Crippen LogP contribution in [0.4, 0.5) is 5.69 Å². The van der Waals surface area contributed by atoms with Crippen LogP contribution >= 0.6 is 15.9 Å². The van der Waals surface area contributed by atoms with Crippen LogP contribution in [0.3, 0.4) is 0 Å². The lowest BCUT2D eigenvalue weighted by atomic mass is 10.1. The van der Waals surface area contributed by atoms with Gasteiger partial charge in [-0.1, -0.05) is 41.8 Å². The highest BCUT2D eigenvalue weighted by atomic mass is 79.9. The van der Waals surface area contributed by atoms with Crippen molar-refractivity contribution < 1.29 is 0 Å². The molecular weight excluding hydrogens is 312 g/mol. The highest BCUT2D eigenvalue weighted by Crippen LogP contribution is 2.25. The molecule has 0 radical (unpaired) electrons. The van der Waals surface area contributed by atoms with Crippen LogP contribution < -0.4 is 10.2 Å². The van der Waals surface area contributed by atoms with E-state index in [1.54, 1.807) is 0 Å². The van der Waals surface area contributed by atoms with Gasteiger partial charge in [0.05, 0.1) is 0 Å². The third-order valence-electron chi connectivity index (χ3n) is 3.36. The van der Waals surface area contributed by atoms with Crippen LogP contribution in [0, 0.1) is 0 Å². The van der Waals surface area contributed by atoms with Gasteiger partial charge in [0, 0.05) is 35.8 Å². The van der Waals surface area contributed by atoms with Gasteiger partial charge in [0.1, 0.15) is 0 Å². The summed E-state index contributed by atoms with van der Waals surface area (Å²) in [4.78, 5) is 2.38. The van der Waals surface area contributed by atoms with Gasteiger partial charge < -0.3 is 10.2 Å². The molecule has 0 unspecified atom stereocenters. The third-order valence-corrected chi connectivity index (χ3v) is 3.86. The van der Waals surface area contributed by atoms with Gasteiger partial charge in [-0.3, -0.25) is 0 Å². The Morgan fingerprint density at radius 2 is 1.90 bits per heavy atom. The fourth-order valence-corrected chi connectivity index (χ4v) is 2.47. The maximum absolute atomic E-state index is 3.59. The van der Waals surface area contributed by atoms with E-state index in [-0.39, 0.29) is 5.54 Å². The van der Waals surface area contributed by atoms with E-state index in [0.29, 0.717) is 0 Å². The third kappa shape index (κ3) is 6.27. The molecule has 2 nitrogen and oxygen atoms in total. The van der Waals surface area contributed by atoms with Crippen LogP contribution in [-0.4, -0.2) is 19.1 Å². The maximum Gasteiger partial charge on any atom is 0.0420 e. The molecule has 0 aliphatic carbocycles. The second-order valence-electron chi connectivity index (χ2n) is 6.51. The number of rotatable bonds is 7. The zero-order valence-electron chi connectivity index (χ0n) is 13.6. The molecule has 0 aliphatic heterocycles. The first-order chi connectivity index (χ1) is 9.33. The summed E-state index contributed by atoms with van der Waals surface area (Å²) in [5, 5.41) is 3.58. The summed E-state index contributed by atoms with van der Waals surface area (Å²) in [5.74, 6) is 0. The molecule has 0 saturated carbocycles. The fourth-order valence-electron chi connectivity index (χ4n) is 2.12. The van der Waals surface area contributed by atoms with Crippen molar-refractivity contribution in [2.45, 2.75) is 59.0 Å². The first-order valence-corrected chi connectivity index (χ1v) is 8.37. The molecule has 0 spiro atoms. The number of halogens is 1. The summed E-state index contributed by atoms with van der Waals surface area (Å²) in [6, 6.07) is 6.57. The van der Waals surface area contributed by atoms with Gasteiger partial charge in [-0.25, -0.2) is 0 Å². The topological polar surface area (TPSA) is 15.3 Å². The van der Waals surface area contributed by atoms with E-state index in [1.807, 2.05) is 0 Å². The molecule has 0 amide bonds. The molecule has 0 aromatic heterocycles. The van der Waals surface area contributed by atoms with Crippen molar-refractivity contribution in [3.8, 4) is 0 Å². The molecule has 0 atom stereocenters. The summed E-state index contributed by atoms with van der Waals surface area (Å²) in [6.45, 7) is 10.9. The molecule has 0 aliphatic rings. The Hall–Kier alpha value is -0.540. The van der Waals surface area contributed by atoms with E-state index in [9.17, 15) is 0 Å². The Morgan fingerprint density at radius 3 is 2.50 bits per heavy atom. The average Bonchev–Trinajstić information content (AvgIpc) is 2.36. The number of unbranched alkanes of at least 4 members (excludes halogenated alkanes) is 2. The molecule has 0 fully saturated rings. The molecule has 0 bridgehead atoms. The second kappa shape index (κ2) is 8.04. The minimum Gasteiger partial charge on any atom is -0.374 e. The van der Waals surface area contributed by atoms with Crippen molar-refractivity contribution in [2.24, 2.45) is 0 Å². The zero-order valence-corrected chi connectivity index (χ0v) is 15.2. The van der Waals surface area contributed by atoms with Gasteiger partial charge in [0.15, 0.2) is 0 Å². The number of anilines is 1.